The van der Waals surface area contributed by atoms with Gasteiger partial charge in [0.05, 0.1) is 11.9 Å². The van der Waals surface area contributed by atoms with Gasteiger partial charge in [0, 0.05) is 7.11 Å². The van der Waals surface area contributed by atoms with E-state index in [1.54, 1.807) is 7.11 Å². The second kappa shape index (κ2) is 5.28. The summed E-state index contributed by atoms with van der Waals surface area (Å²) in [5, 5.41) is -0.0124. The lowest BCUT2D eigenvalue weighted by Gasteiger charge is -2.07. The van der Waals surface area contributed by atoms with Gasteiger partial charge < -0.3 is 19.3 Å². The quantitative estimate of drug-likeness (QED) is 0.571. The van der Waals surface area contributed by atoms with Crippen LogP contribution < -0.4 is 10.0 Å². The van der Waals surface area contributed by atoms with Crippen LogP contribution >= 0.6 is 7.60 Å². The van der Waals surface area contributed by atoms with Gasteiger partial charge in [0.1, 0.15) is 12.4 Å². The van der Waals surface area contributed by atoms with Crippen LogP contribution in [-0.4, -0.2) is 30.1 Å². The molecule has 5 nitrogen and oxygen atoms in total. The second-order valence-electron chi connectivity index (χ2n) is 2.88. The molecule has 0 radical (unpaired) electrons. The van der Waals surface area contributed by atoms with Crippen LogP contribution in [-0.2, 0) is 9.30 Å². The minimum atomic E-state index is -4.15. The lowest BCUT2D eigenvalue weighted by atomic mass is 10.3. The summed E-state index contributed by atoms with van der Waals surface area (Å²) < 4.78 is 20.9. The lowest BCUT2D eigenvalue weighted by Crippen LogP contribution is -2.06. The van der Waals surface area contributed by atoms with Crippen molar-refractivity contribution in [2.75, 3.05) is 20.3 Å². The van der Waals surface area contributed by atoms with Crippen LogP contribution in [0.15, 0.2) is 24.3 Å². The molecule has 1 aromatic carbocycles. The van der Waals surface area contributed by atoms with Crippen molar-refractivity contribution in [2.24, 2.45) is 0 Å². The smallest absolute Gasteiger partial charge is 0.356 e. The molecular weight excluding hydrogens is 219 g/mol. The zero-order valence-corrected chi connectivity index (χ0v) is 9.18. The van der Waals surface area contributed by atoms with E-state index in [0.717, 1.165) is 0 Å². The van der Waals surface area contributed by atoms with Crippen LogP contribution in [0.2, 0.25) is 0 Å². The number of rotatable bonds is 5. The Morgan fingerprint density at radius 3 is 2.27 bits per heavy atom. The van der Waals surface area contributed by atoms with Crippen molar-refractivity contribution in [1.82, 2.24) is 0 Å². The van der Waals surface area contributed by atoms with E-state index in [-0.39, 0.29) is 5.30 Å². The second-order valence-corrected chi connectivity index (χ2v) is 4.48. The fraction of sp³-hybridized carbons (Fsp3) is 0.333. The third kappa shape index (κ3) is 4.01. The van der Waals surface area contributed by atoms with Gasteiger partial charge in [0.15, 0.2) is 0 Å². The molecule has 0 spiro atoms. The highest BCUT2D eigenvalue weighted by Crippen LogP contribution is 2.33. The topological polar surface area (TPSA) is 76.0 Å². The van der Waals surface area contributed by atoms with Crippen LogP contribution in [0.4, 0.5) is 0 Å². The molecule has 6 heteroatoms. The van der Waals surface area contributed by atoms with E-state index in [9.17, 15) is 4.57 Å². The van der Waals surface area contributed by atoms with Gasteiger partial charge in [-0.05, 0) is 24.3 Å². The first-order chi connectivity index (χ1) is 7.04. The van der Waals surface area contributed by atoms with Gasteiger partial charge >= 0.3 is 7.60 Å². The Morgan fingerprint density at radius 1 is 1.20 bits per heavy atom. The van der Waals surface area contributed by atoms with Crippen LogP contribution in [0.3, 0.4) is 0 Å². The predicted molar refractivity (Wildman–Crippen MR) is 55.5 cm³/mol. The lowest BCUT2D eigenvalue weighted by molar-refractivity contribution is 0.146. The summed E-state index contributed by atoms with van der Waals surface area (Å²) >= 11 is 0. The van der Waals surface area contributed by atoms with E-state index < -0.39 is 7.60 Å². The maximum absolute atomic E-state index is 10.8. The summed E-state index contributed by atoms with van der Waals surface area (Å²) in [7, 11) is -2.58. The molecule has 0 aliphatic carbocycles. The molecule has 0 saturated heterocycles. The zero-order valence-electron chi connectivity index (χ0n) is 8.29. The molecule has 0 heterocycles. The van der Waals surface area contributed by atoms with E-state index in [0.29, 0.717) is 19.0 Å². The Labute approximate surface area is 87.8 Å². The monoisotopic (exact) mass is 232 g/mol. The Hall–Kier alpha value is -0.870. The minimum Gasteiger partial charge on any atom is -0.491 e. The predicted octanol–water partition coefficient (Wildman–Crippen LogP) is 0.515. The van der Waals surface area contributed by atoms with Crippen molar-refractivity contribution in [3.63, 3.8) is 0 Å². The van der Waals surface area contributed by atoms with Crippen molar-refractivity contribution in [2.45, 2.75) is 0 Å². The van der Waals surface area contributed by atoms with Gasteiger partial charge in [0.25, 0.3) is 0 Å². The summed E-state index contributed by atoms with van der Waals surface area (Å²) in [6.07, 6.45) is 0. The Morgan fingerprint density at radius 2 is 1.80 bits per heavy atom. The molecule has 0 amide bonds. The molecule has 0 saturated carbocycles. The van der Waals surface area contributed by atoms with Crippen molar-refractivity contribution in [3.8, 4) is 5.75 Å². The highest BCUT2D eigenvalue weighted by Gasteiger charge is 2.15. The normalized spacial score (nSPS) is 11.4. The van der Waals surface area contributed by atoms with Gasteiger partial charge in [-0.2, -0.15) is 0 Å². The number of hydrogen-bond donors (Lipinski definition) is 2. The van der Waals surface area contributed by atoms with E-state index in [2.05, 4.69) is 0 Å². The Bertz CT molecular complexity index is 342. The molecule has 0 aliphatic heterocycles. The maximum Gasteiger partial charge on any atom is 0.356 e. The summed E-state index contributed by atoms with van der Waals surface area (Å²) in [4.78, 5) is 17.7. The van der Waals surface area contributed by atoms with Gasteiger partial charge in [-0.3, -0.25) is 4.57 Å². The molecule has 2 N–H and O–H groups in total. The molecule has 0 aromatic heterocycles. The first-order valence-corrected chi connectivity index (χ1v) is 5.93. The van der Waals surface area contributed by atoms with Crippen LogP contribution in [0.1, 0.15) is 0 Å². The van der Waals surface area contributed by atoms with Gasteiger partial charge in [-0.25, -0.2) is 0 Å². The SMILES string of the molecule is COCCOc1ccc(P(=O)(O)O)cc1. The van der Waals surface area contributed by atoms with E-state index >= 15 is 0 Å². The molecule has 1 rings (SSSR count). The molecule has 0 bridgehead atoms. The summed E-state index contributed by atoms with van der Waals surface area (Å²) in [6, 6.07) is 5.74. The fourth-order valence-corrected chi connectivity index (χ4v) is 1.52. The third-order valence-corrected chi connectivity index (χ3v) is 2.70. The van der Waals surface area contributed by atoms with Crippen LogP contribution in [0, 0.1) is 0 Å². The Kier molecular flexibility index (Phi) is 4.29. The van der Waals surface area contributed by atoms with Gasteiger partial charge in [-0.1, -0.05) is 0 Å². The number of methoxy groups -OCH3 is 1. The molecule has 15 heavy (non-hydrogen) atoms. The number of hydrogen-bond acceptors (Lipinski definition) is 3. The van der Waals surface area contributed by atoms with E-state index in [4.69, 9.17) is 19.3 Å². The van der Waals surface area contributed by atoms with Crippen molar-refractivity contribution in [3.05, 3.63) is 24.3 Å². The molecule has 0 fully saturated rings. The largest absolute Gasteiger partial charge is 0.491 e. The van der Waals surface area contributed by atoms with Crippen molar-refractivity contribution >= 4 is 12.9 Å². The summed E-state index contributed by atoms with van der Waals surface area (Å²) in [5.41, 5.74) is 0. The average Bonchev–Trinajstić information content (AvgIpc) is 2.18. The highest BCUT2D eigenvalue weighted by atomic mass is 31.2. The van der Waals surface area contributed by atoms with Gasteiger partial charge in [0.2, 0.25) is 0 Å². The van der Waals surface area contributed by atoms with Gasteiger partial charge in [-0.15, -0.1) is 0 Å². The molecule has 0 atom stereocenters. The molecule has 0 unspecified atom stereocenters. The summed E-state index contributed by atoms with van der Waals surface area (Å²) in [5.74, 6) is 0.559. The van der Waals surface area contributed by atoms with E-state index in [1.807, 2.05) is 0 Å². The maximum atomic E-state index is 10.8. The standard InChI is InChI=1S/C9H13O5P/c1-13-6-7-14-8-2-4-9(5-3-8)15(10,11)12/h2-5H,6-7H2,1H3,(H2,10,11,12). The number of benzene rings is 1. The number of ether oxygens (including phenoxy) is 2. The van der Waals surface area contributed by atoms with E-state index in [1.165, 1.54) is 24.3 Å². The Balaban J connectivity index is 2.61. The summed E-state index contributed by atoms with van der Waals surface area (Å²) in [6.45, 7) is 0.881. The highest BCUT2D eigenvalue weighted by molar-refractivity contribution is 7.60. The van der Waals surface area contributed by atoms with Crippen LogP contribution in [0.5, 0.6) is 5.75 Å². The molecule has 1 aromatic rings. The molecular formula is C9H13O5P. The first-order valence-electron chi connectivity index (χ1n) is 4.32. The van der Waals surface area contributed by atoms with Crippen molar-refractivity contribution in [1.29, 1.82) is 0 Å². The average molecular weight is 232 g/mol. The minimum absolute atomic E-state index is 0.0124. The molecule has 84 valence electrons. The van der Waals surface area contributed by atoms with Crippen molar-refractivity contribution < 1.29 is 23.8 Å². The first kappa shape index (κ1) is 12.2. The zero-order chi connectivity index (χ0) is 11.3. The fourth-order valence-electron chi connectivity index (χ4n) is 0.979. The molecule has 0 aliphatic rings. The van der Waals surface area contributed by atoms with Crippen LogP contribution in [0.25, 0.3) is 0 Å². The third-order valence-electron chi connectivity index (χ3n) is 1.73.